The number of hydrogen-bond acceptors (Lipinski definition) is 5. The lowest BCUT2D eigenvalue weighted by Gasteiger charge is -2.09. The molecule has 24 heavy (non-hydrogen) atoms. The van der Waals surface area contributed by atoms with Crippen LogP contribution in [0.2, 0.25) is 0 Å². The summed E-state index contributed by atoms with van der Waals surface area (Å²) in [6.07, 6.45) is 4.79. The van der Waals surface area contributed by atoms with Gasteiger partial charge in [-0.05, 0) is 31.2 Å². The average Bonchev–Trinajstić information content (AvgIpc) is 3.15. The van der Waals surface area contributed by atoms with Gasteiger partial charge in [0.25, 0.3) is 5.91 Å². The smallest absolute Gasteiger partial charge is 0.253 e. The van der Waals surface area contributed by atoms with Crippen LogP contribution in [-0.4, -0.2) is 22.5 Å². The SMILES string of the molecule is CCOc1ccc(C(=O)NCc2cccnc2-c2ccco2)cn1. The molecule has 122 valence electrons. The molecule has 0 aromatic carbocycles. The number of ether oxygens (including phenoxy) is 1. The van der Waals surface area contributed by atoms with Crippen LogP contribution in [0.5, 0.6) is 5.88 Å². The summed E-state index contributed by atoms with van der Waals surface area (Å²) in [5.41, 5.74) is 2.06. The van der Waals surface area contributed by atoms with Crippen LogP contribution in [0.25, 0.3) is 11.5 Å². The van der Waals surface area contributed by atoms with Crippen molar-refractivity contribution < 1.29 is 13.9 Å². The highest BCUT2D eigenvalue weighted by atomic mass is 16.5. The van der Waals surface area contributed by atoms with Gasteiger partial charge in [0.15, 0.2) is 5.76 Å². The molecule has 0 aliphatic rings. The number of rotatable bonds is 6. The van der Waals surface area contributed by atoms with E-state index in [1.807, 2.05) is 25.1 Å². The van der Waals surface area contributed by atoms with Crippen molar-refractivity contribution in [2.24, 2.45) is 0 Å². The van der Waals surface area contributed by atoms with Crippen LogP contribution in [0, 0.1) is 0 Å². The molecule has 0 atom stereocenters. The first-order valence-electron chi connectivity index (χ1n) is 7.62. The molecule has 0 unspecified atom stereocenters. The summed E-state index contributed by atoms with van der Waals surface area (Å²) in [7, 11) is 0. The predicted octanol–water partition coefficient (Wildman–Crippen LogP) is 3.07. The second kappa shape index (κ2) is 7.41. The van der Waals surface area contributed by atoms with Crippen LogP contribution in [0.1, 0.15) is 22.8 Å². The molecule has 1 amide bonds. The molecule has 3 aromatic heterocycles. The van der Waals surface area contributed by atoms with Gasteiger partial charge >= 0.3 is 0 Å². The fourth-order valence-corrected chi connectivity index (χ4v) is 2.24. The van der Waals surface area contributed by atoms with E-state index >= 15 is 0 Å². The van der Waals surface area contributed by atoms with Gasteiger partial charge in [0.05, 0.1) is 18.4 Å². The van der Waals surface area contributed by atoms with E-state index in [0.29, 0.717) is 36.0 Å². The minimum absolute atomic E-state index is 0.209. The van der Waals surface area contributed by atoms with Gasteiger partial charge in [0.2, 0.25) is 5.88 Å². The van der Waals surface area contributed by atoms with E-state index in [1.165, 1.54) is 6.20 Å². The molecule has 0 radical (unpaired) electrons. The Morgan fingerprint density at radius 3 is 2.83 bits per heavy atom. The minimum Gasteiger partial charge on any atom is -0.478 e. The highest BCUT2D eigenvalue weighted by Gasteiger charge is 2.11. The average molecular weight is 323 g/mol. The van der Waals surface area contributed by atoms with E-state index in [0.717, 1.165) is 5.56 Å². The van der Waals surface area contributed by atoms with Crippen molar-refractivity contribution in [2.75, 3.05) is 6.61 Å². The topological polar surface area (TPSA) is 77.2 Å². The maximum atomic E-state index is 12.2. The molecule has 3 aromatic rings. The van der Waals surface area contributed by atoms with E-state index in [-0.39, 0.29) is 5.91 Å². The van der Waals surface area contributed by atoms with Crippen LogP contribution >= 0.6 is 0 Å². The highest BCUT2D eigenvalue weighted by molar-refractivity contribution is 5.93. The molecule has 0 fully saturated rings. The molecule has 0 bridgehead atoms. The number of amides is 1. The Hall–Kier alpha value is -3.15. The fourth-order valence-electron chi connectivity index (χ4n) is 2.24. The van der Waals surface area contributed by atoms with Crippen molar-refractivity contribution in [1.82, 2.24) is 15.3 Å². The van der Waals surface area contributed by atoms with Gasteiger partial charge in [-0.2, -0.15) is 0 Å². The Bertz CT molecular complexity index is 799. The first-order valence-corrected chi connectivity index (χ1v) is 7.62. The Labute approximate surface area is 139 Å². The first kappa shape index (κ1) is 15.7. The summed E-state index contributed by atoms with van der Waals surface area (Å²) < 4.78 is 10.7. The lowest BCUT2D eigenvalue weighted by molar-refractivity contribution is 0.0950. The summed E-state index contributed by atoms with van der Waals surface area (Å²) in [6.45, 7) is 2.76. The number of pyridine rings is 2. The van der Waals surface area contributed by atoms with Crippen molar-refractivity contribution >= 4 is 5.91 Å². The molecule has 0 aliphatic carbocycles. The van der Waals surface area contributed by atoms with Gasteiger partial charge in [-0.1, -0.05) is 6.07 Å². The molecular weight excluding hydrogens is 306 g/mol. The zero-order valence-corrected chi connectivity index (χ0v) is 13.2. The summed E-state index contributed by atoms with van der Waals surface area (Å²) in [5.74, 6) is 0.962. The van der Waals surface area contributed by atoms with Gasteiger partial charge in [0, 0.05) is 30.6 Å². The van der Waals surface area contributed by atoms with Crippen molar-refractivity contribution in [2.45, 2.75) is 13.5 Å². The van der Waals surface area contributed by atoms with Crippen LogP contribution in [0.3, 0.4) is 0 Å². The van der Waals surface area contributed by atoms with Crippen molar-refractivity contribution in [1.29, 1.82) is 0 Å². The van der Waals surface area contributed by atoms with Gasteiger partial charge < -0.3 is 14.5 Å². The second-order valence-corrected chi connectivity index (χ2v) is 4.99. The number of carbonyl (C=O) groups excluding carboxylic acids is 1. The van der Waals surface area contributed by atoms with Gasteiger partial charge in [0.1, 0.15) is 5.69 Å². The number of nitrogens with one attached hydrogen (secondary N) is 1. The largest absolute Gasteiger partial charge is 0.478 e. The van der Waals surface area contributed by atoms with E-state index < -0.39 is 0 Å². The number of hydrogen-bond donors (Lipinski definition) is 1. The maximum absolute atomic E-state index is 12.2. The Morgan fingerprint density at radius 1 is 1.21 bits per heavy atom. The number of carbonyl (C=O) groups is 1. The van der Waals surface area contributed by atoms with E-state index in [1.54, 1.807) is 30.7 Å². The molecule has 3 heterocycles. The quantitative estimate of drug-likeness (QED) is 0.754. The number of nitrogens with zero attached hydrogens (tertiary/aromatic N) is 2. The molecule has 1 N–H and O–H groups in total. The Balaban J connectivity index is 1.69. The molecule has 3 rings (SSSR count). The molecule has 0 spiro atoms. The van der Waals surface area contributed by atoms with Crippen LogP contribution in [0.4, 0.5) is 0 Å². The fraction of sp³-hybridized carbons (Fsp3) is 0.167. The molecule has 0 aliphatic heterocycles. The number of furan rings is 1. The van der Waals surface area contributed by atoms with Crippen molar-refractivity contribution in [3.63, 3.8) is 0 Å². The van der Waals surface area contributed by atoms with Gasteiger partial charge in [-0.3, -0.25) is 9.78 Å². The maximum Gasteiger partial charge on any atom is 0.253 e. The summed E-state index contributed by atoms with van der Waals surface area (Å²) in [5, 5.41) is 2.87. The lowest BCUT2D eigenvalue weighted by atomic mass is 10.1. The third kappa shape index (κ3) is 3.60. The monoisotopic (exact) mass is 323 g/mol. The number of aromatic nitrogens is 2. The third-order valence-corrected chi connectivity index (χ3v) is 3.38. The first-order chi connectivity index (χ1) is 11.8. The van der Waals surface area contributed by atoms with E-state index in [2.05, 4.69) is 15.3 Å². The zero-order chi connectivity index (χ0) is 16.8. The van der Waals surface area contributed by atoms with Gasteiger partial charge in [-0.15, -0.1) is 0 Å². The van der Waals surface area contributed by atoms with Gasteiger partial charge in [-0.25, -0.2) is 4.98 Å². The van der Waals surface area contributed by atoms with Crippen molar-refractivity contribution in [3.8, 4) is 17.3 Å². The minimum atomic E-state index is -0.209. The summed E-state index contributed by atoms with van der Waals surface area (Å²) in [4.78, 5) is 20.7. The predicted molar refractivity (Wildman–Crippen MR) is 88.5 cm³/mol. The standard InChI is InChI=1S/C18H17N3O3/c1-2-23-16-8-7-14(12-20-16)18(22)21-11-13-5-3-9-19-17(13)15-6-4-10-24-15/h3-10,12H,2,11H2,1H3,(H,21,22). The molecule has 0 saturated carbocycles. The van der Waals surface area contributed by atoms with Crippen LogP contribution in [-0.2, 0) is 6.54 Å². The van der Waals surface area contributed by atoms with E-state index in [4.69, 9.17) is 9.15 Å². The van der Waals surface area contributed by atoms with Crippen LogP contribution < -0.4 is 10.1 Å². The summed E-state index contributed by atoms with van der Waals surface area (Å²) in [6, 6.07) is 10.7. The summed E-state index contributed by atoms with van der Waals surface area (Å²) >= 11 is 0. The highest BCUT2D eigenvalue weighted by Crippen LogP contribution is 2.21. The normalized spacial score (nSPS) is 10.4. The van der Waals surface area contributed by atoms with E-state index in [9.17, 15) is 4.79 Å². The third-order valence-electron chi connectivity index (χ3n) is 3.38. The zero-order valence-electron chi connectivity index (χ0n) is 13.2. The lowest BCUT2D eigenvalue weighted by Crippen LogP contribution is -2.23. The Morgan fingerprint density at radius 2 is 2.12 bits per heavy atom. The molecular formula is C18H17N3O3. The van der Waals surface area contributed by atoms with Crippen molar-refractivity contribution in [3.05, 3.63) is 66.2 Å². The molecule has 0 saturated heterocycles. The Kier molecular flexibility index (Phi) is 4.86. The molecule has 6 heteroatoms. The molecule has 6 nitrogen and oxygen atoms in total. The second-order valence-electron chi connectivity index (χ2n) is 4.99. The van der Waals surface area contributed by atoms with Crippen LogP contribution in [0.15, 0.2) is 59.5 Å².